The zero-order chi connectivity index (χ0) is 31.4. The first-order valence-corrected chi connectivity index (χ1v) is 14.7. The molecule has 5 rings (SSSR count). The van der Waals surface area contributed by atoms with Gasteiger partial charge in [0.25, 0.3) is 5.91 Å². The number of halogens is 1. The topological polar surface area (TPSA) is 145 Å². The number of carbonyl (C=O) groups excluding carboxylic acids is 4. The number of ether oxygens (including phenoxy) is 1. The molecule has 1 N–H and O–H groups in total. The van der Waals surface area contributed by atoms with Gasteiger partial charge in [-0.05, 0) is 43.7 Å². The molecule has 1 aliphatic rings. The first kappa shape index (κ1) is 30.8. The number of hydrogen-bond acceptors (Lipinski definition) is 9. The molecule has 0 unspecified atom stereocenters. The van der Waals surface area contributed by atoms with Crippen LogP contribution in [0.1, 0.15) is 53.1 Å². The Kier molecular flexibility index (Phi) is 9.35. The lowest BCUT2D eigenvalue weighted by Gasteiger charge is -2.34. The summed E-state index contributed by atoms with van der Waals surface area (Å²) in [5.74, 6) is -0.223. The Labute approximate surface area is 258 Å². The number of nitrogens with zero attached hydrogens (tertiary/aromatic N) is 7. The Bertz CT molecular complexity index is 1710. The van der Waals surface area contributed by atoms with Crippen molar-refractivity contribution in [2.24, 2.45) is 0 Å². The van der Waals surface area contributed by atoms with E-state index in [1.807, 2.05) is 11.8 Å². The van der Waals surface area contributed by atoms with Gasteiger partial charge in [0.15, 0.2) is 17.4 Å². The number of aromatic nitrogens is 5. The van der Waals surface area contributed by atoms with Gasteiger partial charge >= 0.3 is 5.97 Å². The molecule has 4 aromatic rings. The van der Waals surface area contributed by atoms with Gasteiger partial charge < -0.3 is 19.5 Å². The van der Waals surface area contributed by atoms with Crippen molar-refractivity contribution in [3.05, 3.63) is 64.6 Å². The number of anilines is 1. The highest BCUT2D eigenvalue weighted by atomic mass is 35.5. The molecule has 14 heteroatoms. The molecule has 230 valence electrons. The maximum Gasteiger partial charge on any atom is 0.303 e. The van der Waals surface area contributed by atoms with E-state index in [-0.39, 0.29) is 36.8 Å². The van der Waals surface area contributed by atoms with E-state index < -0.39 is 5.91 Å². The van der Waals surface area contributed by atoms with Crippen molar-refractivity contribution in [1.82, 2.24) is 34.3 Å². The summed E-state index contributed by atoms with van der Waals surface area (Å²) in [5, 5.41) is 16.4. The van der Waals surface area contributed by atoms with Crippen molar-refractivity contribution < 1.29 is 23.9 Å². The fraction of sp³-hybridized carbons (Fsp3) is 0.367. The number of fused-ring (bicyclic) bond motifs is 1. The van der Waals surface area contributed by atoms with Crippen LogP contribution in [0, 0.1) is 6.92 Å². The molecule has 0 saturated carbocycles. The number of hydrogen-bond donors (Lipinski definition) is 1. The predicted molar refractivity (Wildman–Crippen MR) is 163 cm³/mol. The molecule has 0 radical (unpaired) electrons. The van der Waals surface area contributed by atoms with E-state index in [0.717, 1.165) is 6.42 Å². The number of carbonyl (C=O) groups is 4. The number of piperazine rings is 1. The van der Waals surface area contributed by atoms with Gasteiger partial charge in [0.05, 0.1) is 23.0 Å². The molecular weight excluding hydrogens is 588 g/mol. The monoisotopic (exact) mass is 620 g/mol. The van der Waals surface area contributed by atoms with E-state index >= 15 is 0 Å². The van der Waals surface area contributed by atoms with Gasteiger partial charge in [0.1, 0.15) is 13.3 Å². The van der Waals surface area contributed by atoms with Crippen LogP contribution in [0.2, 0.25) is 5.02 Å². The molecule has 1 aromatic carbocycles. The van der Waals surface area contributed by atoms with E-state index in [2.05, 4.69) is 20.6 Å². The molecule has 0 aliphatic carbocycles. The Hall–Kier alpha value is -4.62. The van der Waals surface area contributed by atoms with Crippen molar-refractivity contribution in [3.63, 3.8) is 0 Å². The van der Waals surface area contributed by atoms with Gasteiger partial charge in [0.2, 0.25) is 5.91 Å². The van der Waals surface area contributed by atoms with Crippen molar-refractivity contribution >= 4 is 51.9 Å². The lowest BCUT2D eigenvalue weighted by Crippen LogP contribution is -2.50. The average molecular weight is 621 g/mol. The van der Waals surface area contributed by atoms with Gasteiger partial charge in [-0.2, -0.15) is 5.10 Å². The fourth-order valence-corrected chi connectivity index (χ4v) is 5.27. The van der Waals surface area contributed by atoms with E-state index in [1.165, 1.54) is 17.8 Å². The number of esters is 1. The van der Waals surface area contributed by atoms with Crippen LogP contribution in [0.15, 0.2) is 42.7 Å². The van der Waals surface area contributed by atoms with Gasteiger partial charge in [-0.15, -0.1) is 10.2 Å². The third kappa shape index (κ3) is 6.79. The highest BCUT2D eigenvalue weighted by Gasteiger charge is 2.24. The summed E-state index contributed by atoms with van der Waals surface area (Å²) in [6.45, 7) is 7.53. The fourth-order valence-electron chi connectivity index (χ4n) is 5.10. The van der Waals surface area contributed by atoms with Gasteiger partial charge in [0, 0.05) is 61.6 Å². The van der Waals surface area contributed by atoms with Crippen molar-refractivity contribution in [3.8, 4) is 5.82 Å². The number of nitrogens with one attached hydrogen (secondary N) is 1. The third-order valence-electron chi connectivity index (χ3n) is 7.47. The highest BCUT2D eigenvalue weighted by Crippen LogP contribution is 2.26. The van der Waals surface area contributed by atoms with Crippen LogP contribution in [-0.4, -0.2) is 90.8 Å². The first-order chi connectivity index (χ1) is 21.1. The molecule has 0 bridgehead atoms. The minimum Gasteiger partial charge on any atom is -0.450 e. The second-order valence-electron chi connectivity index (χ2n) is 10.6. The predicted octanol–water partition coefficient (Wildman–Crippen LogP) is 3.48. The van der Waals surface area contributed by atoms with Gasteiger partial charge in [-0.25, -0.2) is 4.68 Å². The number of amides is 2. The quantitative estimate of drug-likeness (QED) is 0.208. The number of Topliss-reactive ketones (excluding diaryl/α,β-unsaturated/α-hetero) is 1. The number of ketones is 1. The molecule has 3 aromatic heterocycles. The zero-order valence-electron chi connectivity index (χ0n) is 24.7. The number of benzene rings is 1. The highest BCUT2D eigenvalue weighted by molar-refractivity contribution is 6.31. The summed E-state index contributed by atoms with van der Waals surface area (Å²) in [6, 6.07) is 8.43. The Morgan fingerprint density at radius 3 is 2.48 bits per heavy atom. The SMILES string of the molecule is CCCC(=O)c1cnn(-c2ccc(NC(=O)c3cn(CC(=O)N4CCN(COC(C)=O)CC4)c4ccc(Cl)cc34)nn2)c1C. The van der Waals surface area contributed by atoms with Crippen LogP contribution >= 0.6 is 11.6 Å². The van der Waals surface area contributed by atoms with Crippen LogP contribution in [0.3, 0.4) is 0 Å². The molecule has 13 nitrogen and oxygen atoms in total. The van der Waals surface area contributed by atoms with Gasteiger partial charge in [-0.3, -0.25) is 24.1 Å². The van der Waals surface area contributed by atoms with E-state index in [0.29, 0.717) is 71.2 Å². The largest absolute Gasteiger partial charge is 0.450 e. The average Bonchev–Trinajstić information content (AvgIpc) is 3.56. The van der Waals surface area contributed by atoms with Crippen LogP contribution in [0.5, 0.6) is 0 Å². The molecular formula is C30H33ClN8O5. The lowest BCUT2D eigenvalue weighted by atomic mass is 10.1. The van der Waals surface area contributed by atoms with Crippen LogP contribution < -0.4 is 5.32 Å². The van der Waals surface area contributed by atoms with E-state index in [4.69, 9.17) is 16.3 Å². The molecule has 1 saturated heterocycles. The Balaban J connectivity index is 1.28. The molecule has 0 atom stereocenters. The van der Waals surface area contributed by atoms with E-state index in [9.17, 15) is 19.2 Å². The second-order valence-corrected chi connectivity index (χ2v) is 11.0. The minimum atomic E-state index is -0.438. The Morgan fingerprint density at radius 2 is 1.80 bits per heavy atom. The Morgan fingerprint density at radius 1 is 1.02 bits per heavy atom. The summed E-state index contributed by atoms with van der Waals surface area (Å²) < 4.78 is 8.33. The summed E-state index contributed by atoms with van der Waals surface area (Å²) in [4.78, 5) is 53.8. The van der Waals surface area contributed by atoms with Crippen molar-refractivity contribution in [2.45, 2.75) is 40.2 Å². The van der Waals surface area contributed by atoms with Gasteiger partial charge in [-0.1, -0.05) is 18.5 Å². The third-order valence-corrected chi connectivity index (χ3v) is 7.70. The van der Waals surface area contributed by atoms with Crippen LogP contribution in [0.4, 0.5) is 5.82 Å². The first-order valence-electron chi connectivity index (χ1n) is 14.3. The smallest absolute Gasteiger partial charge is 0.303 e. The van der Waals surface area contributed by atoms with Crippen molar-refractivity contribution in [2.75, 3.05) is 38.2 Å². The minimum absolute atomic E-state index is 0.0212. The number of rotatable bonds is 10. The maximum atomic E-state index is 13.4. The maximum absolute atomic E-state index is 13.4. The second kappa shape index (κ2) is 13.3. The van der Waals surface area contributed by atoms with Crippen LogP contribution in [-0.2, 0) is 20.9 Å². The summed E-state index contributed by atoms with van der Waals surface area (Å²) in [7, 11) is 0. The van der Waals surface area contributed by atoms with Crippen LogP contribution in [0.25, 0.3) is 16.7 Å². The summed E-state index contributed by atoms with van der Waals surface area (Å²) in [6.07, 6.45) is 4.35. The molecule has 2 amide bonds. The molecule has 1 fully saturated rings. The van der Waals surface area contributed by atoms with E-state index in [1.54, 1.807) is 52.9 Å². The lowest BCUT2D eigenvalue weighted by molar-refractivity contribution is -0.148. The molecule has 4 heterocycles. The van der Waals surface area contributed by atoms with Crippen molar-refractivity contribution in [1.29, 1.82) is 0 Å². The zero-order valence-corrected chi connectivity index (χ0v) is 25.5. The standard InChI is InChI=1S/C30H33ClN8O5/c1-4-5-26(41)23-15-32-39(19(23)2)28-9-8-27(34-35-28)33-30(43)24-16-38(25-7-6-21(31)14-22(24)25)17-29(42)37-12-10-36(11-13-37)18-44-20(3)40/h6-9,14-16H,4-5,10-13,17-18H2,1-3H3,(H,33,34,43). The normalized spacial score (nSPS) is 13.7. The molecule has 44 heavy (non-hydrogen) atoms. The summed E-state index contributed by atoms with van der Waals surface area (Å²) in [5.41, 5.74) is 2.22. The summed E-state index contributed by atoms with van der Waals surface area (Å²) >= 11 is 6.27. The molecule has 1 aliphatic heterocycles. The molecule has 0 spiro atoms.